The van der Waals surface area contributed by atoms with Gasteiger partial charge in [0.1, 0.15) is 12.4 Å². The number of aryl methyl sites for hydroxylation is 2. The molecule has 0 N–H and O–H groups in total. The van der Waals surface area contributed by atoms with E-state index in [0.29, 0.717) is 18.0 Å². The molecule has 0 aliphatic carbocycles. The quantitative estimate of drug-likeness (QED) is 0.538. The van der Waals surface area contributed by atoms with Crippen LogP contribution in [0.4, 0.5) is 0 Å². The number of thiophene rings is 1. The molecule has 28 heavy (non-hydrogen) atoms. The molecule has 0 atom stereocenters. The van der Waals surface area contributed by atoms with Crippen LogP contribution in [0.2, 0.25) is 5.02 Å². The van der Waals surface area contributed by atoms with Crippen molar-refractivity contribution in [2.75, 3.05) is 7.05 Å². The number of halogens is 1. The highest BCUT2D eigenvalue weighted by Gasteiger charge is 2.17. The van der Waals surface area contributed by atoms with Crippen LogP contribution in [0.15, 0.2) is 35.8 Å². The predicted molar refractivity (Wildman–Crippen MR) is 113 cm³/mol. The molecule has 0 radical (unpaired) electrons. The number of rotatable bonds is 7. The maximum atomic E-state index is 12.8. The van der Waals surface area contributed by atoms with Crippen LogP contribution in [0.5, 0.6) is 5.75 Å². The number of carbonyl (C=O) groups excluding carboxylic acids is 1. The average molecular weight is 418 g/mol. The zero-order chi connectivity index (χ0) is 20.3. The smallest absolute Gasteiger partial charge is 0.263 e. The van der Waals surface area contributed by atoms with Gasteiger partial charge in [-0.1, -0.05) is 11.6 Å². The van der Waals surface area contributed by atoms with Crippen molar-refractivity contribution in [1.29, 1.82) is 0 Å². The first-order chi connectivity index (χ1) is 13.4. The number of aromatic nitrogens is 2. The van der Waals surface area contributed by atoms with Crippen LogP contribution in [0.25, 0.3) is 0 Å². The summed E-state index contributed by atoms with van der Waals surface area (Å²) in [6, 6.07) is 7.48. The second-order valence-electron chi connectivity index (χ2n) is 6.75. The summed E-state index contributed by atoms with van der Waals surface area (Å²) in [7, 11) is 1.82. The molecule has 0 aliphatic rings. The van der Waals surface area contributed by atoms with Crippen molar-refractivity contribution in [1.82, 2.24) is 14.7 Å². The zero-order valence-electron chi connectivity index (χ0n) is 16.5. The second-order valence-corrected chi connectivity index (χ2v) is 8.07. The van der Waals surface area contributed by atoms with Crippen LogP contribution in [0, 0.1) is 13.8 Å². The summed E-state index contributed by atoms with van der Waals surface area (Å²) in [5.74, 6) is 0.767. The van der Waals surface area contributed by atoms with E-state index in [9.17, 15) is 4.79 Å². The molecule has 0 unspecified atom stereocenters. The monoisotopic (exact) mass is 417 g/mol. The summed E-state index contributed by atoms with van der Waals surface area (Å²) in [6.07, 6.45) is 1.84. The maximum absolute atomic E-state index is 12.8. The molecule has 5 nitrogen and oxygen atoms in total. The molecule has 3 aromatic rings. The van der Waals surface area contributed by atoms with Crippen molar-refractivity contribution >= 4 is 28.8 Å². The van der Waals surface area contributed by atoms with Gasteiger partial charge in [0.2, 0.25) is 0 Å². The van der Waals surface area contributed by atoms with Gasteiger partial charge in [0.15, 0.2) is 0 Å². The molecular weight excluding hydrogens is 394 g/mol. The first-order valence-corrected chi connectivity index (χ1v) is 10.4. The summed E-state index contributed by atoms with van der Waals surface area (Å²) in [4.78, 5) is 15.2. The van der Waals surface area contributed by atoms with Gasteiger partial charge in [0, 0.05) is 42.0 Å². The molecular formula is C21H24ClN3O2S. The van der Waals surface area contributed by atoms with E-state index >= 15 is 0 Å². The minimum Gasteiger partial charge on any atom is -0.489 e. The number of amides is 1. The molecule has 0 saturated carbocycles. The number of benzene rings is 1. The highest BCUT2D eigenvalue weighted by molar-refractivity contribution is 7.12. The first-order valence-electron chi connectivity index (χ1n) is 9.12. The Bertz CT molecular complexity index is 980. The lowest BCUT2D eigenvalue weighted by molar-refractivity contribution is 0.0789. The summed E-state index contributed by atoms with van der Waals surface area (Å²) >= 11 is 7.48. The fourth-order valence-corrected chi connectivity index (χ4v) is 3.92. The van der Waals surface area contributed by atoms with Gasteiger partial charge < -0.3 is 9.64 Å². The van der Waals surface area contributed by atoms with Crippen LogP contribution in [-0.2, 0) is 19.7 Å². The molecule has 2 heterocycles. The van der Waals surface area contributed by atoms with Gasteiger partial charge in [-0.3, -0.25) is 9.48 Å². The number of ether oxygens (including phenoxy) is 1. The third-order valence-electron chi connectivity index (χ3n) is 4.66. The van der Waals surface area contributed by atoms with Crippen LogP contribution in [0.3, 0.4) is 0 Å². The third kappa shape index (κ3) is 4.56. The van der Waals surface area contributed by atoms with Crippen LogP contribution in [-0.4, -0.2) is 27.6 Å². The highest BCUT2D eigenvalue weighted by Crippen LogP contribution is 2.23. The van der Waals surface area contributed by atoms with Crippen molar-refractivity contribution in [2.24, 2.45) is 0 Å². The number of nitrogens with zero attached hydrogens (tertiary/aromatic N) is 3. The maximum Gasteiger partial charge on any atom is 0.263 e. The van der Waals surface area contributed by atoms with E-state index in [-0.39, 0.29) is 5.91 Å². The molecule has 0 saturated heterocycles. The molecule has 2 aromatic heterocycles. The normalized spacial score (nSPS) is 10.9. The van der Waals surface area contributed by atoms with Crippen molar-refractivity contribution in [3.05, 3.63) is 68.1 Å². The topological polar surface area (TPSA) is 47.4 Å². The molecule has 1 aromatic carbocycles. The van der Waals surface area contributed by atoms with E-state index < -0.39 is 0 Å². The Morgan fingerprint density at radius 2 is 2.11 bits per heavy atom. The summed E-state index contributed by atoms with van der Waals surface area (Å²) in [5.41, 5.74) is 4.12. The Morgan fingerprint density at radius 1 is 1.32 bits per heavy atom. The van der Waals surface area contributed by atoms with Crippen LogP contribution < -0.4 is 4.74 Å². The predicted octanol–water partition coefficient (Wildman–Crippen LogP) is 5.09. The van der Waals surface area contributed by atoms with Gasteiger partial charge in [0.05, 0.1) is 11.1 Å². The number of hydrogen-bond acceptors (Lipinski definition) is 4. The minimum atomic E-state index is 0.00207. The fourth-order valence-electron chi connectivity index (χ4n) is 2.91. The largest absolute Gasteiger partial charge is 0.489 e. The lowest BCUT2D eigenvalue weighted by Gasteiger charge is -2.16. The lowest BCUT2D eigenvalue weighted by atomic mass is 10.2. The Hall–Kier alpha value is -2.31. The first kappa shape index (κ1) is 20.4. The van der Waals surface area contributed by atoms with Gasteiger partial charge in [-0.15, -0.1) is 11.3 Å². The molecule has 7 heteroatoms. The van der Waals surface area contributed by atoms with E-state index in [1.54, 1.807) is 4.90 Å². The third-order valence-corrected chi connectivity index (χ3v) is 6.05. The van der Waals surface area contributed by atoms with Crippen LogP contribution in [0.1, 0.15) is 39.0 Å². The average Bonchev–Trinajstić information content (AvgIpc) is 3.29. The standard InChI is InChI=1S/C21H24ClN3O2S/c1-5-25-15(3)17(10-23-25)11-24(4)21(26)20-9-16(13-28-20)12-27-18-6-7-19(22)14(2)8-18/h6-10,13H,5,11-12H2,1-4H3. The Balaban J connectivity index is 1.61. The zero-order valence-corrected chi connectivity index (χ0v) is 18.1. The Morgan fingerprint density at radius 3 is 2.79 bits per heavy atom. The Labute approximate surface area is 174 Å². The summed E-state index contributed by atoms with van der Waals surface area (Å²) in [5, 5.41) is 7.03. The highest BCUT2D eigenvalue weighted by atomic mass is 35.5. The van der Waals surface area contributed by atoms with Crippen molar-refractivity contribution in [3.63, 3.8) is 0 Å². The number of hydrogen-bond donors (Lipinski definition) is 0. The molecule has 3 rings (SSSR count). The van der Waals surface area contributed by atoms with E-state index in [0.717, 1.165) is 39.7 Å². The van der Waals surface area contributed by atoms with E-state index in [4.69, 9.17) is 16.3 Å². The molecule has 0 bridgehead atoms. The second kappa shape index (κ2) is 8.80. The minimum absolute atomic E-state index is 0.00207. The van der Waals surface area contributed by atoms with Gasteiger partial charge >= 0.3 is 0 Å². The van der Waals surface area contributed by atoms with Gasteiger partial charge in [-0.2, -0.15) is 5.10 Å². The molecule has 148 valence electrons. The molecule has 1 amide bonds. The van der Waals surface area contributed by atoms with Gasteiger partial charge in [-0.25, -0.2) is 0 Å². The molecule has 0 aliphatic heterocycles. The summed E-state index contributed by atoms with van der Waals surface area (Å²) < 4.78 is 7.76. The van der Waals surface area contributed by atoms with E-state index in [1.807, 2.05) is 61.4 Å². The SMILES string of the molecule is CCn1ncc(CN(C)C(=O)c2cc(COc3ccc(Cl)c(C)c3)cs2)c1C. The van der Waals surface area contributed by atoms with Crippen molar-refractivity contribution in [2.45, 2.75) is 40.5 Å². The van der Waals surface area contributed by atoms with Crippen molar-refractivity contribution in [3.8, 4) is 5.75 Å². The van der Waals surface area contributed by atoms with Gasteiger partial charge in [-0.05, 0) is 56.0 Å². The van der Waals surface area contributed by atoms with E-state index in [2.05, 4.69) is 12.0 Å². The van der Waals surface area contributed by atoms with Crippen molar-refractivity contribution < 1.29 is 9.53 Å². The lowest BCUT2D eigenvalue weighted by Crippen LogP contribution is -2.25. The molecule has 0 spiro atoms. The fraction of sp³-hybridized carbons (Fsp3) is 0.333. The van der Waals surface area contributed by atoms with Gasteiger partial charge in [0.25, 0.3) is 5.91 Å². The number of carbonyl (C=O) groups is 1. The Kier molecular flexibility index (Phi) is 6.42. The summed E-state index contributed by atoms with van der Waals surface area (Å²) in [6.45, 7) is 7.81. The van der Waals surface area contributed by atoms with E-state index in [1.165, 1.54) is 11.3 Å². The molecule has 0 fully saturated rings. The van der Waals surface area contributed by atoms with Crippen LogP contribution >= 0.6 is 22.9 Å².